The van der Waals surface area contributed by atoms with Crippen LogP contribution >= 0.6 is 0 Å². The van der Waals surface area contributed by atoms with E-state index in [1.165, 1.54) is 25.5 Å². The number of carbonyl (C=O) groups excluding carboxylic acids is 1. The second-order valence-corrected chi connectivity index (χ2v) is 7.02. The van der Waals surface area contributed by atoms with E-state index in [4.69, 9.17) is 10.1 Å². The summed E-state index contributed by atoms with van der Waals surface area (Å²) < 4.78 is 0. The molecule has 1 aromatic heterocycles. The summed E-state index contributed by atoms with van der Waals surface area (Å²) in [5, 5.41) is 8.36. The fourth-order valence-corrected chi connectivity index (χ4v) is 3.14. The topological polar surface area (TPSA) is 50.2 Å². The zero-order valence-corrected chi connectivity index (χ0v) is 20.3. The average molecular weight is 599 g/mol. The van der Waals surface area contributed by atoms with Gasteiger partial charge in [0.05, 0.1) is 5.76 Å². The number of ketones is 1. The van der Waals surface area contributed by atoms with Gasteiger partial charge in [-0.3, -0.25) is 4.79 Å². The third kappa shape index (κ3) is 7.12. The number of aliphatic hydroxyl groups excluding tert-OH is 1. The van der Waals surface area contributed by atoms with Crippen molar-refractivity contribution in [2.75, 3.05) is 0 Å². The molecule has 4 heteroatoms. The standard InChI is InChI=1S/C23H16N.C5H8O2.Ir/c1-4-10-18(11-5-1)21-16-22(19-12-6-2-7-13-19)23(24-17-21)20-14-8-3-9-15-20;1-4(6)3-5(2)7;/h1-14,16-17H;3,6H,1-2H3;/q-1;;/b;4-3-;. The summed E-state index contributed by atoms with van der Waals surface area (Å²) in [4.78, 5) is 14.8. The number of hydrogen-bond donors (Lipinski definition) is 1. The summed E-state index contributed by atoms with van der Waals surface area (Å²) >= 11 is 0. The molecule has 0 amide bonds. The number of rotatable bonds is 4. The quantitative estimate of drug-likeness (QED) is 0.158. The molecule has 32 heavy (non-hydrogen) atoms. The second-order valence-electron chi connectivity index (χ2n) is 7.02. The molecular formula is C28H24IrNO2-. The minimum absolute atomic E-state index is 0. The first-order chi connectivity index (χ1) is 15.0. The van der Waals surface area contributed by atoms with Crippen LogP contribution in [0.2, 0.25) is 0 Å². The number of carbonyl (C=O) groups is 1. The molecule has 0 atom stereocenters. The molecule has 0 fully saturated rings. The Balaban J connectivity index is 0.000000398. The molecule has 0 saturated carbocycles. The summed E-state index contributed by atoms with van der Waals surface area (Å²) in [6.45, 7) is 2.85. The first-order valence-corrected chi connectivity index (χ1v) is 10.0. The summed E-state index contributed by atoms with van der Waals surface area (Å²) in [5.41, 5.74) is 6.55. The van der Waals surface area contributed by atoms with E-state index in [0.29, 0.717) is 0 Å². The summed E-state index contributed by atoms with van der Waals surface area (Å²) in [6.07, 6.45) is 3.11. The first-order valence-electron chi connectivity index (χ1n) is 10.0. The molecule has 1 heterocycles. The summed E-state index contributed by atoms with van der Waals surface area (Å²) in [5.74, 6) is -0.0625. The van der Waals surface area contributed by atoms with Crippen LogP contribution in [0.5, 0.6) is 0 Å². The average Bonchev–Trinajstić information content (AvgIpc) is 2.80. The Bertz CT molecular complexity index is 1150. The van der Waals surface area contributed by atoms with E-state index in [-0.39, 0.29) is 31.6 Å². The van der Waals surface area contributed by atoms with Gasteiger partial charge in [-0.15, -0.1) is 35.9 Å². The van der Waals surface area contributed by atoms with Gasteiger partial charge in [-0.25, -0.2) is 0 Å². The monoisotopic (exact) mass is 599 g/mol. The maximum absolute atomic E-state index is 10.0. The predicted molar refractivity (Wildman–Crippen MR) is 126 cm³/mol. The van der Waals surface area contributed by atoms with Crippen molar-refractivity contribution in [3.05, 3.63) is 115 Å². The maximum Gasteiger partial charge on any atom is 0.155 e. The van der Waals surface area contributed by atoms with Gasteiger partial charge in [0.2, 0.25) is 0 Å². The van der Waals surface area contributed by atoms with E-state index in [9.17, 15) is 4.79 Å². The van der Waals surface area contributed by atoms with Gasteiger partial charge in [0.15, 0.2) is 5.78 Å². The van der Waals surface area contributed by atoms with Crippen molar-refractivity contribution in [3.63, 3.8) is 0 Å². The van der Waals surface area contributed by atoms with E-state index >= 15 is 0 Å². The van der Waals surface area contributed by atoms with Crippen LogP contribution < -0.4 is 0 Å². The maximum atomic E-state index is 10.0. The number of benzene rings is 3. The van der Waals surface area contributed by atoms with Crippen molar-refractivity contribution in [2.45, 2.75) is 13.8 Å². The van der Waals surface area contributed by atoms with Gasteiger partial charge in [-0.1, -0.05) is 66.7 Å². The largest absolute Gasteiger partial charge is 0.512 e. The smallest absolute Gasteiger partial charge is 0.155 e. The fraction of sp³-hybridized carbons (Fsp3) is 0.0714. The van der Waals surface area contributed by atoms with Crippen molar-refractivity contribution in [1.82, 2.24) is 4.98 Å². The molecule has 1 radical (unpaired) electrons. The van der Waals surface area contributed by atoms with Crippen molar-refractivity contribution < 1.29 is 30.0 Å². The molecule has 3 nitrogen and oxygen atoms in total. The van der Waals surface area contributed by atoms with Crippen LogP contribution in [0.15, 0.2) is 109 Å². The molecule has 0 aliphatic heterocycles. The van der Waals surface area contributed by atoms with Gasteiger partial charge in [0.25, 0.3) is 0 Å². The molecule has 0 saturated heterocycles. The molecule has 0 bridgehead atoms. The minimum atomic E-state index is -0.125. The van der Waals surface area contributed by atoms with Crippen LogP contribution in [-0.2, 0) is 24.9 Å². The molecule has 0 unspecified atom stereocenters. The van der Waals surface area contributed by atoms with Crippen LogP contribution in [0.3, 0.4) is 0 Å². The number of hydrogen-bond acceptors (Lipinski definition) is 3. The fourth-order valence-electron chi connectivity index (χ4n) is 3.14. The molecule has 4 aromatic rings. The number of aromatic nitrogens is 1. The van der Waals surface area contributed by atoms with E-state index in [1.54, 1.807) is 0 Å². The van der Waals surface area contributed by atoms with E-state index in [1.807, 2.05) is 36.5 Å². The molecule has 163 valence electrons. The second kappa shape index (κ2) is 12.5. The van der Waals surface area contributed by atoms with E-state index in [2.05, 4.69) is 66.7 Å². The van der Waals surface area contributed by atoms with Crippen LogP contribution in [0.4, 0.5) is 0 Å². The number of pyridine rings is 1. The zero-order chi connectivity index (χ0) is 22.1. The Morgan fingerprint density at radius 3 is 1.94 bits per heavy atom. The Kier molecular flexibility index (Phi) is 9.74. The molecule has 3 aromatic carbocycles. The third-order valence-electron chi connectivity index (χ3n) is 4.46. The van der Waals surface area contributed by atoms with E-state index in [0.717, 1.165) is 27.9 Å². The Labute approximate surface area is 202 Å². The van der Waals surface area contributed by atoms with Crippen molar-refractivity contribution >= 4 is 5.78 Å². The Hall–Kier alpha value is -3.33. The van der Waals surface area contributed by atoms with Gasteiger partial charge >= 0.3 is 0 Å². The van der Waals surface area contributed by atoms with Crippen LogP contribution in [-0.4, -0.2) is 15.9 Å². The van der Waals surface area contributed by atoms with Gasteiger partial charge < -0.3 is 10.1 Å². The van der Waals surface area contributed by atoms with Gasteiger partial charge in [-0.05, 0) is 41.8 Å². The summed E-state index contributed by atoms with van der Waals surface area (Å²) in [7, 11) is 0. The van der Waals surface area contributed by atoms with Crippen molar-refractivity contribution in [3.8, 4) is 33.5 Å². The van der Waals surface area contributed by atoms with Gasteiger partial charge in [0, 0.05) is 32.4 Å². The molecule has 1 N–H and O–H groups in total. The number of allylic oxidation sites excluding steroid dienone is 2. The normalized spacial score (nSPS) is 10.4. The molecule has 0 aliphatic carbocycles. The van der Waals surface area contributed by atoms with Crippen LogP contribution in [0, 0.1) is 6.07 Å². The Morgan fingerprint density at radius 2 is 1.44 bits per heavy atom. The van der Waals surface area contributed by atoms with Gasteiger partial charge in [0.1, 0.15) is 0 Å². The first kappa shape index (κ1) is 24.9. The molecule has 0 spiro atoms. The molecule has 4 rings (SSSR count). The SMILES string of the molecule is CC(=O)/C=C(/C)O.[Ir].[c-]1ccccc1-c1ncc(-c2ccccc2)cc1-c1ccccc1. The van der Waals surface area contributed by atoms with Crippen molar-refractivity contribution in [2.24, 2.45) is 0 Å². The summed E-state index contributed by atoms with van der Waals surface area (Å²) in [6, 6.07) is 34.2. The Morgan fingerprint density at radius 1 is 0.844 bits per heavy atom. The van der Waals surface area contributed by atoms with Gasteiger partial charge in [-0.2, -0.15) is 0 Å². The van der Waals surface area contributed by atoms with Crippen LogP contribution in [0.25, 0.3) is 33.5 Å². The minimum Gasteiger partial charge on any atom is -0.512 e. The third-order valence-corrected chi connectivity index (χ3v) is 4.46. The molecule has 0 aliphatic rings. The van der Waals surface area contributed by atoms with Crippen molar-refractivity contribution in [1.29, 1.82) is 0 Å². The zero-order valence-electron chi connectivity index (χ0n) is 18.0. The molecular weight excluding hydrogens is 575 g/mol. The van der Waals surface area contributed by atoms with Crippen LogP contribution in [0.1, 0.15) is 13.8 Å². The number of nitrogens with zero attached hydrogens (tertiary/aromatic N) is 1. The predicted octanol–water partition coefficient (Wildman–Crippen LogP) is 6.92. The number of aliphatic hydroxyl groups is 1. The van der Waals surface area contributed by atoms with E-state index < -0.39 is 0 Å².